The SMILES string of the molecule is CNCc1ccc(NC(=O)OC(C)(C)C)c(C)c1. The highest BCUT2D eigenvalue weighted by Gasteiger charge is 2.16. The maximum absolute atomic E-state index is 11.6. The van der Waals surface area contributed by atoms with E-state index in [9.17, 15) is 4.79 Å². The van der Waals surface area contributed by atoms with Crippen molar-refractivity contribution in [3.63, 3.8) is 0 Å². The fourth-order valence-corrected chi connectivity index (χ4v) is 1.59. The average Bonchev–Trinajstić information content (AvgIpc) is 2.20. The van der Waals surface area contributed by atoms with E-state index in [1.165, 1.54) is 5.56 Å². The molecule has 0 atom stereocenters. The zero-order chi connectivity index (χ0) is 13.8. The van der Waals surface area contributed by atoms with Crippen molar-refractivity contribution in [1.29, 1.82) is 0 Å². The van der Waals surface area contributed by atoms with Crippen LogP contribution in [-0.2, 0) is 11.3 Å². The lowest BCUT2D eigenvalue weighted by atomic mass is 10.1. The Hall–Kier alpha value is -1.55. The Bertz CT molecular complexity index is 422. The number of ether oxygens (including phenoxy) is 1. The molecular formula is C14H22N2O2. The summed E-state index contributed by atoms with van der Waals surface area (Å²) in [6, 6.07) is 5.92. The van der Waals surface area contributed by atoms with Gasteiger partial charge >= 0.3 is 6.09 Å². The second-order valence-corrected chi connectivity index (χ2v) is 5.31. The van der Waals surface area contributed by atoms with Crippen molar-refractivity contribution in [2.45, 2.75) is 39.8 Å². The number of carbonyl (C=O) groups excluding carboxylic acids is 1. The number of carbonyl (C=O) groups is 1. The molecule has 4 nitrogen and oxygen atoms in total. The maximum Gasteiger partial charge on any atom is 0.412 e. The molecule has 0 heterocycles. The predicted octanol–water partition coefficient (Wildman–Crippen LogP) is 3.06. The molecule has 0 spiro atoms. The van der Waals surface area contributed by atoms with Gasteiger partial charge in [-0.2, -0.15) is 0 Å². The first-order chi connectivity index (χ1) is 8.31. The summed E-state index contributed by atoms with van der Waals surface area (Å²) in [7, 11) is 1.90. The summed E-state index contributed by atoms with van der Waals surface area (Å²) in [4.78, 5) is 11.6. The van der Waals surface area contributed by atoms with E-state index in [1.54, 1.807) is 0 Å². The predicted molar refractivity (Wildman–Crippen MR) is 73.8 cm³/mol. The average molecular weight is 250 g/mol. The van der Waals surface area contributed by atoms with Crippen molar-refractivity contribution in [3.8, 4) is 0 Å². The van der Waals surface area contributed by atoms with Gasteiger partial charge in [0.05, 0.1) is 0 Å². The third-order valence-corrected chi connectivity index (χ3v) is 2.31. The molecule has 2 N–H and O–H groups in total. The van der Waals surface area contributed by atoms with E-state index in [2.05, 4.69) is 10.6 Å². The van der Waals surface area contributed by atoms with Crippen LogP contribution in [0.5, 0.6) is 0 Å². The minimum absolute atomic E-state index is 0.424. The second kappa shape index (κ2) is 5.87. The van der Waals surface area contributed by atoms with E-state index < -0.39 is 11.7 Å². The van der Waals surface area contributed by atoms with Crippen LogP contribution in [0.4, 0.5) is 10.5 Å². The number of nitrogens with one attached hydrogen (secondary N) is 2. The Morgan fingerprint density at radius 3 is 2.50 bits per heavy atom. The molecule has 4 heteroatoms. The minimum atomic E-state index is -0.482. The lowest BCUT2D eigenvalue weighted by Crippen LogP contribution is -2.27. The van der Waals surface area contributed by atoms with Crippen molar-refractivity contribution in [2.75, 3.05) is 12.4 Å². The van der Waals surface area contributed by atoms with Gasteiger partial charge in [0.2, 0.25) is 0 Å². The highest BCUT2D eigenvalue weighted by Crippen LogP contribution is 2.18. The lowest BCUT2D eigenvalue weighted by molar-refractivity contribution is 0.0636. The van der Waals surface area contributed by atoms with Gasteiger partial charge in [0.25, 0.3) is 0 Å². The van der Waals surface area contributed by atoms with Gasteiger partial charge < -0.3 is 10.1 Å². The number of amides is 1. The topological polar surface area (TPSA) is 50.4 Å². The Morgan fingerprint density at radius 2 is 2.00 bits per heavy atom. The van der Waals surface area contributed by atoms with Crippen LogP contribution in [0.1, 0.15) is 31.9 Å². The Labute approximate surface area is 109 Å². The molecule has 1 aromatic rings. The fourth-order valence-electron chi connectivity index (χ4n) is 1.59. The van der Waals surface area contributed by atoms with Gasteiger partial charge in [0.15, 0.2) is 0 Å². The van der Waals surface area contributed by atoms with Crippen LogP contribution in [-0.4, -0.2) is 18.7 Å². The van der Waals surface area contributed by atoms with Gasteiger partial charge in [-0.05, 0) is 51.9 Å². The smallest absolute Gasteiger partial charge is 0.412 e. The molecule has 0 radical (unpaired) electrons. The van der Waals surface area contributed by atoms with Gasteiger partial charge in [-0.1, -0.05) is 12.1 Å². The van der Waals surface area contributed by atoms with Crippen molar-refractivity contribution in [1.82, 2.24) is 5.32 Å². The van der Waals surface area contributed by atoms with Crippen LogP contribution in [0.3, 0.4) is 0 Å². The number of benzene rings is 1. The Balaban J connectivity index is 2.71. The van der Waals surface area contributed by atoms with E-state index in [-0.39, 0.29) is 0 Å². The number of rotatable bonds is 3. The van der Waals surface area contributed by atoms with Gasteiger partial charge in [-0.3, -0.25) is 5.32 Å². The van der Waals surface area contributed by atoms with E-state index in [0.717, 1.165) is 17.8 Å². The van der Waals surface area contributed by atoms with Gasteiger partial charge in [-0.15, -0.1) is 0 Å². The van der Waals surface area contributed by atoms with E-state index in [0.29, 0.717) is 0 Å². The summed E-state index contributed by atoms with van der Waals surface area (Å²) >= 11 is 0. The van der Waals surface area contributed by atoms with Crippen molar-refractivity contribution in [3.05, 3.63) is 29.3 Å². The molecule has 0 unspecified atom stereocenters. The molecule has 0 aliphatic carbocycles. The third kappa shape index (κ3) is 4.75. The molecule has 0 fully saturated rings. The first kappa shape index (κ1) is 14.5. The lowest BCUT2D eigenvalue weighted by Gasteiger charge is -2.20. The summed E-state index contributed by atoms with van der Waals surface area (Å²) in [6.45, 7) is 8.31. The largest absolute Gasteiger partial charge is 0.444 e. The van der Waals surface area contributed by atoms with Crippen molar-refractivity contribution >= 4 is 11.8 Å². The standard InChI is InChI=1S/C14H22N2O2/c1-10-8-11(9-15-5)6-7-12(10)16-13(17)18-14(2,3)4/h6-8,15H,9H2,1-5H3,(H,16,17). The monoisotopic (exact) mass is 250 g/mol. The fraction of sp³-hybridized carbons (Fsp3) is 0.500. The van der Waals surface area contributed by atoms with Crippen molar-refractivity contribution in [2.24, 2.45) is 0 Å². The highest BCUT2D eigenvalue weighted by atomic mass is 16.6. The second-order valence-electron chi connectivity index (χ2n) is 5.31. The number of aryl methyl sites for hydroxylation is 1. The van der Waals surface area contributed by atoms with E-state index in [1.807, 2.05) is 52.9 Å². The highest BCUT2D eigenvalue weighted by molar-refractivity contribution is 5.85. The van der Waals surface area contributed by atoms with Crippen LogP contribution in [0.25, 0.3) is 0 Å². The summed E-state index contributed by atoms with van der Waals surface area (Å²) in [5.74, 6) is 0. The maximum atomic E-state index is 11.6. The van der Waals surface area contributed by atoms with Crippen molar-refractivity contribution < 1.29 is 9.53 Å². The van der Waals surface area contributed by atoms with Crippen LogP contribution in [0.15, 0.2) is 18.2 Å². The molecule has 1 aromatic carbocycles. The first-order valence-corrected chi connectivity index (χ1v) is 6.06. The van der Waals surface area contributed by atoms with Crippen LogP contribution >= 0.6 is 0 Å². The Kier molecular flexibility index (Phi) is 4.73. The molecule has 0 aliphatic heterocycles. The third-order valence-electron chi connectivity index (χ3n) is 2.31. The van der Waals surface area contributed by atoms with Crippen LogP contribution in [0, 0.1) is 6.92 Å². The molecular weight excluding hydrogens is 228 g/mol. The zero-order valence-electron chi connectivity index (χ0n) is 11.8. The summed E-state index contributed by atoms with van der Waals surface area (Å²) in [5.41, 5.74) is 2.51. The molecule has 100 valence electrons. The van der Waals surface area contributed by atoms with Gasteiger partial charge in [0.1, 0.15) is 5.60 Å². The molecule has 0 bridgehead atoms. The summed E-state index contributed by atoms with van der Waals surface area (Å²) in [6.07, 6.45) is -0.424. The molecule has 0 saturated carbocycles. The van der Waals surface area contributed by atoms with Gasteiger partial charge in [0, 0.05) is 12.2 Å². The first-order valence-electron chi connectivity index (χ1n) is 6.06. The minimum Gasteiger partial charge on any atom is -0.444 e. The van der Waals surface area contributed by atoms with Crippen LogP contribution < -0.4 is 10.6 Å². The van der Waals surface area contributed by atoms with E-state index >= 15 is 0 Å². The number of anilines is 1. The molecule has 1 rings (SSSR count). The van der Waals surface area contributed by atoms with Crippen LogP contribution in [0.2, 0.25) is 0 Å². The molecule has 0 aliphatic rings. The van der Waals surface area contributed by atoms with E-state index in [4.69, 9.17) is 4.74 Å². The number of hydrogen-bond donors (Lipinski definition) is 2. The summed E-state index contributed by atoms with van der Waals surface area (Å²) in [5, 5.41) is 5.84. The molecule has 0 aromatic heterocycles. The van der Waals surface area contributed by atoms with Gasteiger partial charge in [-0.25, -0.2) is 4.79 Å². The normalized spacial score (nSPS) is 11.2. The number of hydrogen-bond acceptors (Lipinski definition) is 3. The quantitative estimate of drug-likeness (QED) is 0.866. The zero-order valence-corrected chi connectivity index (χ0v) is 11.8. The Morgan fingerprint density at radius 1 is 1.33 bits per heavy atom. The molecule has 0 saturated heterocycles. The molecule has 1 amide bonds. The molecule has 18 heavy (non-hydrogen) atoms. The summed E-state index contributed by atoms with van der Waals surface area (Å²) < 4.78 is 5.21.